The molecule has 12 heavy (non-hydrogen) atoms. The molecule has 0 fully saturated rings. The largest absolute Gasteiger partial charge is 0.330 e. The van der Waals surface area contributed by atoms with Gasteiger partial charge in [0.2, 0.25) is 0 Å². The molecule has 0 saturated heterocycles. The molecule has 0 atom stereocenters. The van der Waals surface area contributed by atoms with Gasteiger partial charge in [0.05, 0.1) is 5.01 Å². The molecule has 0 radical (unpaired) electrons. The molecule has 0 bridgehead atoms. The molecular weight excluding hydrogens is 172 g/mol. The summed E-state index contributed by atoms with van der Waals surface area (Å²) in [4.78, 5) is 16.2. The molecule has 0 unspecified atom stereocenters. The Balaban J connectivity index is 2.92. The summed E-state index contributed by atoms with van der Waals surface area (Å²) in [5.74, 6) is 0.0343. The van der Waals surface area contributed by atoms with Gasteiger partial charge in [-0.05, 0) is 13.5 Å². The maximum atomic E-state index is 11.0. The summed E-state index contributed by atoms with van der Waals surface area (Å²) in [5, 5.41) is 0.959. The molecule has 4 heteroatoms. The van der Waals surface area contributed by atoms with E-state index < -0.39 is 0 Å². The van der Waals surface area contributed by atoms with Crippen LogP contribution in [0.25, 0.3) is 0 Å². The molecule has 0 aliphatic carbocycles. The Hall–Kier alpha value is -0.740. The predicted octanol–water partition coefficient (Wildman–Crippen LogP) is 1.16. The molecule has 1 heterocycles. The molecule has 0 spiro atoms. The topological polar surface area (TPSA) is 56.0 Å². The molecular formula is C8H12N2OS. The van der Waals surface area contributed by atoms with E-state index in [1.165, 1.54) is 6.92 Å². The summed E-state index contributed by atoms with van der Waals surface area (Å²) < 4.78 is 0. The lowest BCUT2D eigenvalue weighted by atomic mass is 10.3. The smallest absolute Gasteiger partial charge is 0.179 e. The van der Waals surface area contributed by atoms with E-state index in [1.54, 1.807) is 11.3 Å². The molecule has 0 aliphatic heterocycles. The van der Waals surface area contributed by atoms with Crippen LogP contribution < -0.4 is 5.73 Å². The number of rotatable bonds is 3. The van der Waals surface area contributed by atoms with Gasteiger partial charge in [-0.2, -0.15) is 0 Å². The van der Waals surface area contributed by atoms with Crippen molar-refractivity contribution in [2.45, 2.75) is 20.3 Å². The van der Waals surface area contributed by atoms with Crippen molar-refractivity contribution in [1.82, 2.24) is 4.98 Å². The van der Waals surface area contributed by atoms with Crippen molar-refractivity contribution in [3.63, 3.8) is 0 Å². The van der Waals surface area contributed by atoms with Crippen LogP contribution >= 0.6 is 11.3 Å². The van der Waals surface area contributed by atoms with Crippen LogP contribution in [0, 0.1) is 6.92 Å². The van der Waals surface area contributed by atoms with Gasteiger partial charge in [-0.1, -0.05) is 0 Å². The summed E-state index contributed by atoms with van der Waals surface area (Å²) in [5.41, 5.74) is 5.98. The second-order valence-corrected chi connectivity index (χ2v) is 3.90. The van der Waals surface area contributed by atoms with Crippen LogP contribution in [-0.2, 0) is 6.42 Å². The molecule has 0 amide bonds. The van der Waals surface area contributed by atoms with E-state index >= 15 is 0 Å². The average molecular weight is 184 g/mol. The van der Waals surface area contributed by atoms with Crippen molar-refractivity contribution in [3.05, 3.63) is 15.6 Å². The molecule has 0 saturated carbocycles. The van der Waals surface area contributed by atoms with Crippen LogP contribution in [0.5, 0.6) is 0 Å². The van der Waals surface area contributed by atoms with Crippen LogP contribution in [0.3, 0.4) is 0 Å². The summed E-state index contributed by atoms with van der Waals surface area (Å²) in [6, 6.07) is 0. The number of thiazole rings is 1. The first-order valence-corrected chi connectivity index (χ1v) is 4.64. The van der Waals surface area contributed by atoms with E-state index in [0.29, 0.717) is 12.2 Å². The van der Waals surface area contributed by atoms with Crippen LogP contribution in [-0.4, -0.2) is 17.3 Å². The Morgan fingerprint density at radius 1 is 1.67 bits per heavy atom. The quantitative estimate of drug-likeness (QED) is 0.717. The maximum Gasteiger partial charge on any atom is 0.179 e. The molecule has 3 nitrogen and oxygen atoms in total. The minimum absolute atomic E-state index is 0.0343. The number of Topliss-reactive ketones (excluding diaryl/α,β-unsaturated/α-hetero) is 1. The van der Waals surface area contributed by atoms with E-state index in [1.807, 2.05) is 6.92 Å². The fraction of sp³-hybridized carbons (Fsp3) is 0.500. The van der Waals surface area contributed by atoms with Crippen LogP contribution in [0.1, 0.15) is 27.3 Å². The van der Waals surface area contributed by atoms with Gasteiger partial charge >= 0.3 is 0 Å². The molecule has 1 aromatic rings. The summed E-state index contributed by atoms with van der Waals surface area (Å²) in [6.45, 7) is 4.03. The van der Waals surface area contributed by atoms with Crippen molar-refractivity contribution in [3.8, 4) is 0 Å². The van der Waals surface area contributed by atoms with Gasteiger partial charge in [0.1, 0.15) is 5.69 Å². The van der Waals surface area contributed by atoms with E-state index in [9.17, 15) is 4.79 Å². The fourth-order valence-corrected chi connectivity index (χ4v) is 2.00. The standard InChI is InChI=1S/C8H12N2OS/c1-5(11)8-6(2)12-7(10-8)3-4-9/h3-4,9H2,1-2H3. The Morgan fingerprint density at radius 3 is 2.75 bits per heavy atom. The zero-order valence-electron chi connectivity index (χ0n) is 7.26. The third-order valence-electron chi connectivity index (χ3n) is 1.53. The van der Waals surface area contributed by atoms with Crippen LogP contribution in [0.15, 0.2) is 0 Å². The van der Waals surface area contributed by atoms with Gasteiger partial charge < -0.3 is 5.73 Å². The number of aryl methyl sites for hydroxylation is 1. The fourth-order valence-electron chi connectivity index (χ4n) is 1.01. The van der Waals surface area contributed by atoms with Crippen molar-refractivity contribution in [2.24, 2.45) is 5.73 Å². The molecule has 1 rings (SSSR count). The van der Waals surface area contributed by atoms with Gasteiger partial charge in [-0.3, -0.25) is 4.79 Å². The average Bonchev–Trinajstić information content (AvgIpc) is 2.32. The maximum absolute atomic E-state index is 11.0. The number of carbonyl (C=O) groups is 1. The number of hydrogen-bond donors (Lipinski definition) is 1. The van der Waals surface area contributed by atoms with Crippen molar-refractivity contribution in [2.75, 3.05) is 6.54 Å². The minimum atomic E-state index is 0.0343. The minimum Gasteiger partial charge on any atom is -0.330 e. The number of hydrogen-bond acceptors (Lipinski definition) is 4. The Labute approximate surface area is 75.6 Å². The molecule has 66 valence electrons. The SMILES string of the molecule is CC(=O)c1nc(CCN)sc1C. The van der Waals surface area contributed by atoms with Gasteiger partial charge in [-0.25, -0.2) is 4.98 Å². The monoisotopic (exact) mass is 184 g/mol. The lowest BCUT2D eigenvalue weighted by Crippen LogP contribution is -2.03. The first-order valence-electron chi connectivity index (χ1n) is 3.82. The Kier molecular flexibility index (Phi) is 2.94. The van der Waals surface area contributed by atoms with Gasteiger partial charge in [0.25, 0.3) is 0 Å². The van der Waals surface area contributed by atoms with Crippen molar-refractivity contribution >= 4 is 17.1 Å². The number of aromatic nitrogens is 1. The lowest BCUT2D eigenvalue weighted by Gasteiger charge is -1.87. The number of nitrogens with two attached hydrogens (primary N) is 1. The second kappa shape index (κ2) is 3.78. The highest BCUT2D eigenvalue weighted by Crippen LogP contribution is 2.17. The zero-order chi connectivity index (χ0) is 9.14. The third kappa shape index (κ3) is 1.89. The van der Waals surface area contributed by atoms with E-state index in [-0.39, 0.29) is 5.78 Å². The van der Waals surface area contributed by atoms with E-state index in [0.717, 1.165) is 16.3 Å². The van der Waals surface area contributed by atoms with E-state index in [4.69, 9.17) is 5.73 Å². The molecule has 0 aliphatic rings. The predicted molar refractivity (Wildman–Crippen MR) is 49.6 cm³/mol. The van der Waals surface area contributed by atoms with Gasteiger partial charge in [0, 0.05) is 18.2 Å². The summed E-state index contributed by atoms with van der Waals surface area (Å²) >= 11 is 1.56. The Morgan fingerprint density at radius 2 is 2.33 bits per heavy atom. The summed E-state index contributed by atoms with van der Waals surface area (Å²) in [6.07, 6.45) is 0.763. The highest BCUT2D eigenvalue weighted by Gasteiger charge is 2.10. The normalized spacial score (nSPS) is 10.2. The first-order chi connectivity index (χ1) is 5.65. The molecule has 2 N–H and O–H groups in total. The highest BCUT2D eigenvalue weighted by molar-refractivity contribution is 7.11. The second-order valence-electron chi connectivity index (χ2n) is 2.61. The molecule has 0 aromatic carbocycles. The number of carbonyl (C=O) groups excluding carboxylic acids is 1. The first kappa shape index (κ1) is 9.35. The lowest BCUT2D eigenvalue weighted by molar-refractivity contribution is 0.101. The summed E-state index contributed by atoms with van der Waals surface area (Å²) in [7, 11) is 0. The Bertz CT molecular complexity index is 293. The van der Waals surface area contributed by atoms with Crippen LogP contribution in [0.4, 0.5) is 0 Å². The number of nitrogens with zero attached hydrogens (tertiary/aromatic N) is 1. The van der Waals surface area contributed by atoms with Crippen molar-refractivity contribution < 1.29 is 4.79 Å². The number of ketones is 1. The van der Waals surface area contributed by atoms with E-state index in [2.05, 4.69) is 4.98 Å². The molecule has 1 aromatic heterocycles. The van der Waals surface area contributed by atoms with Crippen molar-refractivity contribution in [1.29, 1.82) is 0 Å². The van der Waals surface area contributed by atoms with Gasteiger partial charge in [0.15, 0.2) is 5.78 Å². The van der Waals surface area contributed by atoms with Gasteiger partial charge in [-0.15, -0.1) is 11.3 Å². The third-order valence-corrected chi connectivity index (χ3v) is 2.56. The highest BCUT2D eigenvalue weighted by atomic mass is 32.1. The van der Waals surface area contributed by atoms with Crippen LogP contribution in [0.2, 0.25) is 0 Å². The zero-order valence-corrected chi connectivity index (χ0v) is 8.07.